The molecule has 1 aromatic heterocycles. The van der Waals surface area contributed by atoms with E-state index in [1.54, 1.807) is 6.20 Å². The number of fused-ring (bicyclic) bond motifs is 3. The molecule has 3 aliphatic rings. The predicted octanol–water partition coefficient (Wildman–Crippen LogP) is 4.89. The number of likely N-dealkylation sites (tertiary alicyclic amines) is 1. The summed E-state index contributed by atoms with van der Waals surface area (Å²) in [6.07, 6.45) is 4.67. The smallest absolute Gasteiger partial charge is 0.256 e. The molecule has 4 aromatic rings. The molecule has 4 heterocycles. The Morgan fingerprint density at radius 3 is 2.66 bits per heavy atom. The van der Waals surface area contributed by atoms with Crippen LogP contribution < -0.4 is 20.4 Å². The molecule has 2 fully saturated rings. The predicted molar refractivity (Wildman–Crippen MR) is 160 cm³/mol. The topological polar surface area (TPSA) is 79.2 Å². The number of nitrogens with one attached hydrogen (secondary N) is 1. The first-order valence-electron chi connectivity index (χ1n) is 14.4. The van der Waals surface area contributed by atoms with Gasteiger partial charge in [0.2, 0.25) is 5.43 Å². The molecule has 41 heavy (non-hydrogen) atoms. The van der Waals surface area contributed by atoms with E-state index in [1.165, 1.54) is 18.9 Å². The van der Waals surface area contributed by atoms with Gasteiger partial charge < -0.3 is 24.4 Å². The van der Waals surface area contributed by atoms with Crippen LogP contribution in [0.3, 0.4) is 0 Å². The Morgan fingerprint density at radius 2 is 1.88 bits per heavy atom. The lowest BCUT2D eigenvalue weighted by molar-refractivity contribution is 0.0948. The number of rotatable bonds is 6. The first-order chi connectivity index (χ1) is 20.0. The maximum absolute atomic E-state index is 16.0. The summed E-state index contributed by atoms with van der Waals surface area (Å²) >= 11 is 0. The normalized spacial score (nSPS) is 17.4. The second-order valence-electron chi connectivity index (χ2n) is 11.0. The number of hydrogen-bond acceptors (Lipinski definition) is 6. The fourth-order valence-electron chi connectivity index (χ4n) is 6.36. The fourth-order valence-corrected chi connectivity index (χ4v) is 6.36. The van der Waals surface area contributed by atoms with Gasteiger partial charge in [-0.05, 0) is 61.8 Å². The molecule has 0 radical (unpaired) electrons. The third-order valence-corrected chi connectivity index (χ3v) is 8.37. The maximum atomic E-state index is 16.0. The van der Waals surface area contributed by atoms with Crippen LogP contribution in [0.5, 0.6) is 11.5 Å². The van der Waals surface area contributed by atoms with Gasteiger partial charge in [-0.3, -0.25) is 14.6 Å². The molecule has 7 rings (SSSR count). The van der Waals surface area contributed by atoms with Crippen molar-refractivity contribution in [3.8, 4) is 17.2 Å². The largest absolute Gasteiger partial charge is 0.451 e. The quantitative estimate of drug-likeness (QED) is 0.324. The average molecular weight is 554 g/mol. The highest BCUT2D eigenvalue weighted by molar-refractivity contribution is 6.03. The molecule has 210 valence electrons. The van der Waals surface area contributed by atoms with Crippen LogP contribution in [0.25, 0.3) is 27.4 Å². The van der Waals surface area contributed by atoms with Crippen molar-refractivity contribution in [2.45, 2.75) is 26.2 Å². The number of hydrogen-bond donors (Lipinski definition) is 1. The van der Waals surface area contributed by atoms with Crippen LogP contribution in [-0.2, 0) is 0 Å². The van der Waals surface area contributed by atoms with Gasteiger partial charge in [-0.15, -0.1) is 0 Å². The van der Waals surface area contributed by atoms with Crippen molar-refractivity contribution in [3.63, 3.8) is 0 Å². The standard InChI is InChI=1S/C32H32FN5O3/c1-2-34-22-9-13-37(18-22)29-25(33)17-23-28-31(29)41-27-16-21-8-4-3-7-20(21)15-26(27)38(28)19-24(30(23)39)32(40)35-10-14-36-11-5-6-12-36/h3-4,7-8,15-17,19H,2,5-6,9-14,18H2,1H3,(H,35,40). The van der Waals surface area contributed by atoms with Crippen molar-refractivity contribution >= 4 is 39.0 Å². The molecular formula is C32H32FN5O3. The van der Waals surface area contributed by atoms with Gasteiger partial charge in [0.05, 0.1) is 17.6 Å². The van der Waals surface area contributed by atoms with Crippen molar-refractivity contribution in [1.29, 1.82) is 0 Å². The zero-order valence-electron chi connectivity index (χ0n) is 23.1. The summed E-state index contributed by atoms with van der Waals surface area (Å²) in [6, 6.07) is 13.1. The molecule has 2 saturated heterocycles. The molecule has 9 heteroatoms. The Morgan fingerprint density at radius 1 is 1.10 bits per heavy atom. The van der Waals surface area contributed by atoms with Gasteiger partial charge >= 0.3 is 0 Å². The van der Waals surface area contributed by atoms with Crippen LogP contribution in [0.4, 0.5) is 10.1 Å². The summed E-state index contributed by atoms with van der Waals surface area (Å²) in [4.78, 5) is 35.9. The monoisotopic (exact) mass is 553 g/mol. The minimum atomic E-state index is -0.551. The number of ether oxygens (including phenoxy) is 1. The summed E-state index contributed by atoms with van der Waals surface area (Å²) in [5.74, 6) is -0.182. The van der Waals surface area contributed by atoms with Crippen LogP contribution in [-0.4, -0.2) is 66.9 Å². The van der Waals surface area contributed by atoms with Crippen molar-refractivity contribution in [2.24, 2.45) is 4.99 Å². The number of anilines is 1. The Bertz CT molecular complexity index is 1790. The first kappa shape index (κ1) is 25.7. The molecule has 0 atom stereocenters. The third-order valence-electron chi connectivity index (χ3n) is 8.37. The lowest BCUT2D eigenvalue weighted by atomic mass is 10.0. The van der Waals surface area contributed by atoms with Crippen molar-refractivity contribution < 1.29 is 13.9 Å². The summed E-state index contributed by atoms with van der Waals surface area (Å²) in [5, 5.41) is 5.00. The van der Waals surface area contributed by atoms with Gasteiger partial charge in [0.15, 0.2) is 17.3 Å². The molecule has 3 aromatic carbocycles. The van der Waals surface area contributed by atoms with Crippen LogP contribution >= 0.6 is 0 Å². The Hall–Kier alpha value is -4.24. The van der Waals surface area contributed by atoms with Gasteiger partial charge in [-0.2, -0.15) is 0 Å². The number of carbonyl (C=O) groups excluding carboxylic acids is 1. The number of nitrogens with zero attached hydrogens (tertiary/aromatic N) is 4. The molecule has 3 aliphatic heterocycles. The number of pyridine rings is 1. The van der Waals surface area contributed by atoms with E-state index < -0.39 is 17.2 Å². The summed E-state index contributed by atoms with van der Waals surface area (Å²) < 4.78 is 24.3. The number of carbonyl (C=O) groups is 1. The van der Waals surface area contributed by atoms with Gasteiger partial charge in [-0.25, -0.2) is 4.39 Å². The van der Waals surface area contributed by atoms with E-state index >= 15 is 4.39 Å². The molecule has 0 saturated carbocycles. The number of benzene rings is 3. The molecule has 0 unspecified atom stereocenters. The van der Waals surface area contributed by atoms with Crippen molar-refractivity contribution in [3.05, 3.63) is 70.3 Å². The fraction of sp³-hybridized carbons (Fsp3) is 0.344. The minimum absolute atomic E-state index is 0.0171. The summed E-state index contributed by atoms with van der Waals surface area (Å²) in [6.45, 7) is 6.98. The van der Waals surface area contributed by atoms with E-state index in [0.29, 0.717) is 54.6 Å². The van der Waals surface area contributed by atoms with Crippen LogP contribution in [0.1, 0.15) is 36.5 Å². The number of aliphatic imine (C=N–C) groups is 1. The van der Waals surface area contributed by atoms with Crippen LogP contribution in [0.2, 0.25) is 0 Å². The summed E-state index contributed by atoms with van der Waals surface area (Å²) in [7, 11) is 0. The highest BCUT2D eigenvalue weighted by Gasteiger charge is 2.32. The molecule has 1 N–H and O–H groups in total. The zero-order valence-corrected chi connectivity index (χ0v) is 23.1. The maximum Gasteiger partial charge on any atom is 0.256 e. The SMILES string of the molecule is CCN=C1CCN(c2c(F)cc3c(=O)c(C(=O)NCCN4CCCC4)cn4c3c2Oc2cc3ccccc3cc2-4)C1. The van der Waals surface area contributed by atoms with Gasteiger partial charge in [0.1, 0.15) is 16.8 Å². The molecule has 0 bridgehead atoms. The second-order valence-corrected chi connectivity index (χ2v) is 11.0. The number of halogens is 1. The number of aromatic nitrogens is 1. The van der Waals surface area contributed by atoms with E-state index in [4.69, 9.17) is 4.74 Å². The van der Waals surface area contributed by atoms with Crippen molar-refractivity contribution in [2.75, 3.05) is 50.7 Å². The van der Waals surface area contributed by atoms with Gasteiger partial charge in [0, 0.05) is 44.5 Å². The van der Waals surface area contributed by atoms with E-state index in [1.807, 2.05) is 52.8 Å². The minimum Gasteiger partial charge on any atom is -0.451 e. The van der Waals surface area contributed by atoms with E-state index in [9.17, 15) is 9.59 Å². The average Bonchev–Trinajstić information content (AvgIpc) is 3.66. The highest BCUT2D eigenvalue weighted by atomic mass is 19.1. The third kappa shape index (κ3) is 4.44. The van der Waals surface area contributed by atoms with Crippen LogP contribution in [0, 0.1) is 5.82 Å². The molecule has 1 amide bonds. The molecule has 8 nitrogen and oxygen atoms in total. The zero-order chi connectivity index (χ0) is 28.1. The van der Waals surface area contributed by atoms with Crippen LogP contribution in [0.15, 0.2) is 58.4 Å². The molecule has 0 spiro atoms. The van der Waals surface area contributed by atoms with Gasteiger partial charge in [0.25, 0.3) is 5.91 Å². The van der Waals surface area contributed by atoms with E-state index in [-0.39, 0.29) is 10.9 Å². The van der Waals surface area contributed by atoms with Gasteiger partial charge in [-0.1, -0.05) is 24.3 Å². The van der Waals surface area contributed by atoms with E-state index in [0.717, 1.165) is 42.5 Å². The second kappa shape index (κ2) is 10.3. The lowest BCUT2D eigenvalue weighted by Gasteiger charge is -2.29. The molecule has 0 aliphatic carbocycles. The lowest BCUT2D eigenvalue weighted by Crippen LogP contribution is -2.36. The highest BCUT2D eigenvalue weighted by Crippen LogP contribution is 2.48. The Kier molecular flexibility index (Phi) is 6.46. The Balaban J connectivity index is 1.38. The number of amides is 1. The summed E-state index contributed by atoms with van der Waals surface area (Å²) in [5.41, 5.74) is 1.96. The molecular weight excluding hydrogens is 521 g/mol. The van der Waals surface area contributed by atoms with E-state index in [2.05, 4.69) is 15.2 Å². The first-order valence-corrected chi connectivity index (χ1v) is 14.4. The Labute approximate surface area is 237 Å². The van der Waals surface area contributed by atoms with Crippen molar-refractivity contribution in [1.82, 2.24) is 14.8 Å².